The largest absolute Gasteiger partial charge is 0.469 e. The molecule has 4 aliphatic rings. The highest BCUT2D eigenvalue weighted by Gasteiger charge is 2.60. The number of carbonyl (C=O) groups is 1. The Hall–Kier alpha value is -0.240. The number of ether oxygens (including phenoxy) is 1. The second-order valence-electron chi connectivity index (χ2n) is 5.66. The molecule has 0 N–H and O–H groups in total. The van der Waals surface area contributed by atoms with Crippen molar-refractivity contribution in [2.24, 2.45) is 23.2 Å². The molecule has 4 saturated carbocycles. The van der Waals surface area contributed by atoms with Crippen molar-refractivity contribution in [2.45, 2.75) is 37.5 Å². The number of rotatable bonds is 1. The molecule has 2 nitrogen and oxygen atoms in total. The number of hydrogen-bond donors (Lipinski definition) is 0. The standard InChI is InChI=1S/C12H17ClO2/c1-15-11(14)12-5-7-2-8(6-12)4-9(3-7)10(12)13/h7-10H,2-6H2,1H3. The average Bonchev–Trinajstić information content (AvgIpc) is 2.23. The van der Waals surface area contributed by atoms with E-state index in [1.54, 1.807) is 0 Å². The zero-order valence-corrected chi connectivity index (χ0v) is 9.80. The minimum Gasteiger partial charge on any atom is -0.469 e. The molecule has 15 heavy (non-hydrogen) atoms. The summed E-state index contributed by atoms with van der Waals surface area (Å²) in [6.07, 6.45) is 5.74. The monoisotopic (exact) mass is 228 g/mol. The number of esters is 1. The van der Waals surface area contributed by atoms with Gasteiger partial charge in [-0.15, -0.1) is 11.6 Å². The molecule has 4 aliphatic carbocycles. The summed E-state index contributed by atoms with van der Waals surface area (Å²) in [6.45, 7) is 0. The van der Waals surface area contributed by atoms with E-state index in [0.717, 1.165) is 24.7 Å². The SMILES string of the molecule is COC(=O)C12CC3CC(CC(C3)C1Cl)C2. The third kappa shape index (κ3) is 1.20. The van der Waals surface area contributed by atoms with Gasteiger partial charge >= 0.3 is 5.97 Å². The lowest BCUT2D eigenvalue weighted by Crippen LogP contribution is -2.57. The molecule has 0 heterocycles. The van der Waals surface area contributed by atoms with Gasteiger partial charge in [0.15, 0.2) is 0 Å². The van der Waals surface area contributed by atoms with Gasteiger partial charge in [0.2, 0.25) is 0 Å². The third-order valence-electron chi connectivity index (χ3n) is 4.78. The van der Waals surface area contributed by atoms with E-state index in [4.69, 9.17) is 16.3 Å². The number of methoxy groups -OCH3 is 1. The van der Waals surface area contributed by atoms with Gasteiger partial charge in [-0.1, -0.05) is 0 Å². The van der Waals surface area contributed by atoms with E-state index in [9.17, 15) is 4.79 Å². The van der Waals surface area contributed by atoms with Crippen LogP contribution in [0.1, 0.15) is 32.1 Å². The van der Waals surface area contributed by atoms with E-state index < -0.39 is 0 Å². The van der Waals surface area contributed by atoms with Crippen LogP contribution >= 0.6 is 11.6 Å². The predicted octanol–water partition coefficient (Wildman–Crippen LogP) is 2.59. The van der Waals surface area contributed by atoms with Crippen LogP contribution in [-0.2, 0) is 9.53 Å². The summed E-state index contributed by atoms with van der Waals surface area (Å²) < 4.78 is 4.98. The maximum absolute atomic E-state index is 12.0. The van der Waals surface area contributed by atoms with Crippen LogP contribution in [0.4, 0.5) is 0 Å². The van der Waals surface area contributed by atoms with Crippen molar-refractivity contribution in [3.8, 4) is 0 Å². The van der Waals surface area contributed by atoms with Gasteiger partial charge < -0.3 is 4.74 Å². The summed E-state index contributed by atoms with van der Waals surface area (Å²) in [6, 6.07) is 0. The van der Waals surface area contributed by atoms with Crippen LogP contribution in [0.15, 0.2) is 0 Å². The summed E-state index contributed by atoms with van der Waals surface area (Å²) in [5.41, 5.74) is -0.328. The van der Waals surface area contributed by atoms with Gasteiger partial charge in [0.25, 0.3) is 0 Å². The van der Waals surface area contributed by atoms with Crippen LogP contribution < -0.4 is 0 Å². The lowest BCUT2D eigenvalue weighted by Gasteiger charge is -2.57. The molecule has 3 heteroatoms. The molecule has 0 spiro atoms. The molecule has 0 saturated heterocycles. The highest BCUT2D eigenvalue weighted by atomic mass is 35.5. The first-order chi connectivity index (χ1) is 7.15. The Morgan fingerprint density at radius 3 is 2.40 bits per heavy atom. The van der Waals surface area contributed by atoms with E-state index in [1.807, 2.05) is 0 Å². The van der Waals surface area contributed by atoms with Crippen LogP contribution in [0, 0.1) is 23.2 Å². The third-order valence-corrected chi connectivity index (χ3v) is 5.55. The molecule has 0 aromatic heterocycles. The Labute approximate surface area is 95.3 Å². The Kier molecular flexibility index (Phi) is 2.08. The van der Waals surface area contributed by atoms with E-state index in [-0.39, 0.29) is 16.8 Å². The van der Waals surface area contributed by atoms with Crippen molar-refractivity contribution < 1.29 is 9.53 Å². The fourth-order valence-electron chi connectivity index (χ4n) is 4.46. The average molecular weight is 229 g/mol. The van der Waals surface area contributed by atoms with Gasteiger partial charge in [-0.2, -0.15) is 0 Å². The van der Waals surface area contributed by atoms with Crippen molar-refractivity contribution in [3.05, 3.63) is 0 Å². The first-order valence-corrected chi connectivity index (χ1v) is 6.32. The second-order valence-corrected chi connectivity index (χ2v) is 6.13. The predicted molar refractivity (Wildman–Crippen MR) is 57.6 cm³/mol. The molecular weight excluding hydrogens is 212 g/mol. The van der Waals surface area contributed by atoms with Gasteiger partial charge in [-0.3, -0.25) is 4.79 Å². The van der Waals surface area contributed by atoms with Crippen molar-refractivity contribution in [1.82, 2.24) is 0 Å². The molecule has 3 atom stereocenters. The van der Waals surface area contributed by atoms with Crippen LogP contribution in [0.3, 0.4) is 0 Å². The highest BCUT2D eigenvalue weighted by molar-refractivity contribution is 6.23. The van der Waals surface area contributed by atoms with Crippen LogP contribution in [0.2, 0.25) is 0 Å². The Morgan fingerprint density at radius 2 is 1.87 bits per heavy atom. The smallest absolute Gasteiger partial charge is 0.313 e. The van der Waals surface area contributed by atoms with Gasteiger partial charge in [0, 0.05) is 0 Å². The lowest BCUT2D eigenvalue weighted by molar-refractivity contribution is -0.167. The summed E-state index contributed by atoms with van der Waals surface area (Å²) in [5.74, 6) is 1.98. The van der Waals surface area contributed by atoms with Crippen LogP contribution in [-0.4, -0.2) is 18.5 Å². The molecule has 4 bridgehead atoms. The Morgan fingerprint density at radius 1 is 1.27 bits per heavy atom. The quantitative estimate of drug-likeness (QED) is 0.510. The molecular formula is C12H17ClO2. The molecule has 0 aromatic carbocycles. The van der Waals surface area contributed by atoms with Gasteiger partial charge in [-0.25, -0.2) is 0 Å². The first kappa shape index (κ1) is 9.95. The van der Waals surface area contributed by atoms with Gasteiger partial charge in [0.05, 0.1) is 17.9 Å². The van der Waals surface area contributed by atoms with E-state index >= 15 is 0 Å². The summed E-state index contributed by atoms with van der Waals surface area (Å²) in [7, 11) is 1.49. The fourth-order valence-corrected chi connectivity index (χ4v) is 4.93. The fraction of sp³-hybridized carbons (Fsp3) is 0.917. The highest BCUT2D eigenvalue weighted by Crippen LogP contribution is 2.62. The zero-order valence-electron chi connectivity index (χ0n) is 9.04. The minimum atomic E-state index is -0.328. The molecule has 4 fully saturated rings. The van der Waals surface area contributed by atoms with Crippen molar-refractivity contribution in [1.29, 1.82) is 0 Å². The maximum atomic E-state index is 12.0. The van der Waals surface area contributed by atoms with Gasteiger partial charge in [0.1, 0.15) is 0 Å². The van der Waals surface area contributed by atoms with Crippen LogP contribution in [0.5, 0.6) is 0 Å². The van der Waals surface area contributed by atoms with Gasteiger partial charge in [-0.05, 0) is 49.9 Å². The van der Waals surface area contributed by atoms with Crippen molar-refractivity contribution in [2.75, 3.05) is 7.11 Å². The molecule has 4 rings (SSSR count). The normalized spacial score (nSPS) is 51.9. The van der Waals surface area contributed by atoms with E-state index in [0.29, 0.717) is 5.92 Å². The van der Waals surface area contributed by atoms with E-state index in [1.165, 1.54) is 26.4 Å². The minimum absolute atomic E-state index is 0.0257. The van der Waals surface area contributed by atoms with Crippen molar-refractivity contribution >= 4 is 17.6 Å². The molecule has 0 radical (unpaired) electrons. The Bertz CT molecular complexity index is 288. The number of carbonyl (C=O) groups excluding carboxylic acids is 1. The number of alkyl halides is 1. The summed E-state index contributed by atoms with van der Waals surface area (Å²) in [4.78, 5) is 12.0. The Balaban J connectivity index is 1.97. The molecule has 0 amide bonds. The molecule has 3 unspecified atom stereocenters. The topological polar surface area (TPSA) is 26.3 Å². The first-order valence-electron chi connectivity index (χ1n) is 5.88. The lowest BCUT2D eigenvalue weighted by atomic mass is 9.49. The van der Waals surface area contributed by atoms with Crippen molar-refractivity contribution in [3.63, 3.8) is 0 Å². The maximum Gasteiger partial charge on any atom is 0.313 e. The second kappa shape index (κ2) is 3.13. The molecule has 0 aliphatic heterocycles. The molecule has 0 aromatic rings. The number of halogens is 1. The van der Waals surface area contributed by atoms with Crippen LogP contribution in [0.25, 0.3) is 0 Å². The van der Waals surface area contributed by atoms with E-state index in [2.05, 4.69) is 0 Å². The summed E-state index contributed by atoms with van der Waals surface area (Å²) in [5, 5.41) is 0.0257. The summed E-state index contributed by atoms with van der Waals surface area (Å²) >= 11 is 6.50. The number of hydrogen-bond acceptors (Lipinski definition) is 2. The zero-order chi connectivity index (χ0) is 10.6. The molecule has 84 valence electrons.